The van der Waals surface area contributed by atoms with Crippen LogP contribution in [0.25, 0.3) is 0 Å². The molecule has 0 fully saturated rings. The Hall–Kier alpha value is -3.34. The van der Waals surface area contributed by atoms with Gasteiger partial charge in [0.1, 0.15) is 6.42 Å². The van der Waals surface area contributed by atoms with Gasteiger partial charge in [-0.05, 0) is 43.7 Å². The minimum Gasteiger partial charge on any atom is -0.348 e. The van der Waals surface area contributed by atoms with Crippen LogP contribution < -0.4 is 5.32 Å². The number of nitrogens with one attached hydrogen (secondary N) is 1. The second kappa shape index (κ2) is 7.95. The number of carbonyl (C=O) groups is 2. The van der Waals surface area contributed by atoms with Gasteiger partial charge in [-0.3, -0.25) is 9.59 Å². The van der Waals surface area contributed by atoms with Crippen molar-refractivity contribution in [1.29, 1.82) is 0 Å². The van der Waals surface area contributed by atoms with E-state index in [2.05, 4.69) is 22.0 Å². The fourth-order valence-corrected chi connectivity index (χ4v) is 3.92. The number of amides is 2. The summed E-state index contributed by atoms with van der Waals surface area (Å²) in [7, 11) is 0. The number of aromatic nitrogens is 1. The molecule has 5 heteroatoms. The van der Waals surface area contributed by atoms with Crippen LogP contribution in [0.2, 0.25) is 0 Å². The lowest BCUT2D eigenvalue weighted by molar-refractivity contribution is -0.136. The van der Waals surface area contributed by atoms with Crippen LogP contribution >= 0.6 is 0 Å². The average Bonchev–Trinajstić information content (AvgIpc) is 3.17. The van der Waals surface area contributed by atoms with E-state index < -0.39 is 0 Å². The summed E-state index contributed by atoms with van der Waals surface area (Å²) >= 11 is 0. The van der Waals surface area contributed by atoms with Crippen molar-refractivity contribution in [1.82, 2.24) is 9.47 Å². The SMILES string of the molecule is Cc1ccc(NC(=O)CC(=O)N2CCn3cccc3C2c2cccc(C)c2)cc1. The van der Waals surface area contributed by atoms with E-state index in [1.165, 1.54) is 0 Å². The summed E-state index contributed by atoms with van der Waals surface area (Å²) in [6.07, 6.45) is 1.88. The lowest BCUT2D eigenvalue weighted by Gasteiger charge is -2.37. The molecule has 0 saturated heterocycles. The largest absolute Gasteiger partial charge is 0.348 e. The molecule has 1 N–H and O–H groups in total. The molecule has 0 bridgehead atoms. The molecular formula is C24H25N3O2. The van der Waals surface area contributed by atoms with Crippen LogP contribution in [0.3, 0.4) is 0 Å². The molecule has 3 aromatic rings. The summed E-state index contributed by atoms with van der Waals surface area (Å²) < 4.78 is 2.18. The van der Waals surface area contributed by atoms with Crippen molar-refractivity contribution in [2.45, 2.75) is 32.9 Å². The van der Waals surface area contributed by atoms with E-state index in [1.54, 1.807) is 0 Å². The maximum atomic E-state index is 13.1. The van der Waals surface area contributed by atoms with Crippen LogP contribution in [0.1, 0.15) is 34.8 Å². The van der Waals surface area contributed by atoms with Crippen molar-refractivity contribution < 1.29 is 9.59 Å². The zero-order valence-electron chi connectivity index (χ0n) is 16.8. The van der Waals surface area contributed by atoms with Gasteiger partial charge in [0.05, 0.1) is 6.04 Å². The molecule has 2 aromatic carbocycles. The molecular weight excluding hydrogens is 362 g/mol. The number of nitrogens with zero attached hydrogens (tertiary/aromatic N) is 2. The number of benzene rings is 2. The van der Waals surface area contributed by atoms with Gasteiger partial charge in [-0.15, -0.1) is 0 Å². The van der Waals surface area contributed by atoms with Crippen LogP contribution in [0.15, 0.2) is 66.9 Å². The number of hydrogen-bond donors (Lipinski definition) is 1. The molecule has 1 atom stereocenters. The predicted octanol–water partition coefficient (Wildman–Crippen LogP) is 4.07. The third-order valence-electron chi connectivity index (χ3n) is 5.36. The second-order valence-electron chi connectivity index (χ2n) is 7.62. The summed E-state index contributed by atoms with van der Waals surface area (Å²) in [5.41, 5.74) is 5.12. The molecule has 4 rings (SSSR count). The first-order chi connectivity index (χ1) is 14.0. The zero-order valence-corrected chi connectivity index (χ0v) is 16.8. The van der Waals surface area contributed by atoms with Crippen LogP contribution in [-0.2, 0) is 16.1 Å². The maximum Gasteiger partial charge on any atom is 0.233 e. The van der Waals surface area contributed by atoms with Crippen LogP contribution in [0.4, 0.5) is 5.69 Å². The molecule has 0 aliphatic carbocycles. The van der Waals surface area contributed by atoms with Gasteiger partial charge in [0.2, 0.25) is 11.8 Å². The number of anilines is 1. The van der Waals surface area contributed by atoms with Crippen molar-refractivity contribution in [3.05, 3.63) is 89.2 Å². The zero-order chi connectivity index (χ0) is 20.4. The van der Waals surface area contributed by atoms with Crippen LogP contribution in [0.5, 0.6) is 0 Å². The molecule has 0 saturated carbocycles. The fraction of sp³-hybridized carbons (Fsp3) is 0.250. The Morgan fingerprint density at radius 1 is 0.966 bits per heavy atom. The molecule has 1 aromatic heterocycles. The normalized spacial score (nSPS) is 15.7. The minimum atomic E-state index is -0.289. The number of aryl methyl sites for hydroxylation is 2. The summed E-state index contributed by atoms with van der Waals surface area (Å²) in [6.45, 7) is 5.35. The van der Waals surface area contributed by atoms with Crippen molar-refractivity contribution in [3.8, 4) is 0 Å². The molecule has 1 aliphatic heterocycles. The van der Waals surface area contributed by atoms with Crippen molar-refractivity contribution >= 4 is 17.5 Å². The Morgan fingerprint density at radius 3 is 2.52 bits per heavy atom. The van der Waals surface area contributed by atoms with E-state index in [-0.39, 0.29) is 24.3 Å². The Morgan fingerprint density at radius 2 is 1.76 bits per heavy atom. The summed E-state index contributed by atoms with van der Waals surface area (Å²) in [5.74, 6) is -0.448. The maximum absolute atomic E-state index is 13.1. The Bertz CT molecular complexity index is 1040. The number of fused-ring (bicyclic) bond motifs is 1. The Labute approximate surface area is 171 Å². The first kappa shape index (κ1) is 19.0. The standard InChI is InChI=1S/C24H25N3O2/c1-17-8-10-20(11-9-17)25-22(28)16-23(29)27-14-13-26-12-4-7-21(26)24(27)19-6-3-5-18(2)15-19/h3-12,15,24H,13-14,16H2,1-2H3,(H,25,28). The smallest absolute Gasteiger partial charge is 0.233 e. The molecule has 5 nitrogen and oxygen atoms in total. The van der Waals surface area contributed by atoms with Crippen molar-refractivity contribution in [2.75, 3.05) is 11.9 Å². The van der Waals surface area contributed by atoms with Gasteiger partial charge in [0, 0.05) is 30.7 Å². The highest BCUT2D eigenvalue weighted by Gasteiger charge is 2.32. The van der Waals surface area contributed by atoms with E-state index in [0.29, 0.717) is 12.2 Å². The van der Waals surface area contributed by atoms with Crippen LogP contribution in [0, 0.1) is 13.8 Å². The first-order valence-corrected chi connectivity index (χ1v) is 9.89. The Balaban J connectivity index is 1.54. The van der Waals surface area contributed by atoms with Gasteiger partial charge in [0.15, 0.2) is 0 Å². The van der Waals surface area contributed by atoms with Crippen LogP contribution in [-0.4, -0.2) is 27.8 Å². The third kappa shape index (κ3) is 4.09. The monoisotopic (exact) mass is 387 g/mol. The van der Waals surface area contributed by atoms with Gasteiger partial charge in [-0.2, -0.15) is 0 Å². The summed E-state index contributed by atoms with van der Waals surface area (Å²) in [6, 6.07) is 19.7. The van der Waals surface area contributed by atoms with Gasteiger partial charge in [-0.1, -0.05) is 47.5 Å². The minimum absolute atomic E-state index is 0.159. The fourth-order valence-electron chi connectivity index (χ4n) is 3.92. The highest BCUT2D eigenvalue weighted by molar-refractivity contribution is 6.03. The molecule has 2 amide bonds. The van der Waals surface area contributed by atoms with E-state index in [1.807, 2.05) is 73.5 Å². The first-order valence-electron chi connectivity index (χ1n) is 9.89. The third-order valence-corrected chi connectivity index (χ3v) is 5.36. The topological polar surface area (TPSA) is 54.3 Å². The van der Waals surface area contributed by atoms with E-state index in [0.717, 1.165) is 28.9 Å². The lowest BCUT2D eigenvalue weighted by Crippen LogP contribution is -2.43. The van der Waals surface area contributed by atoms with Gasteiger partial charge < -0.3 is 14.8 Å². The highest BCUT2D eigenvalue weighted by atomic mass is 16.2. The number of hydrogen-bond acceptors (Lipinski definition) is 2. The summed E-state index contributed by atoms with van der Waals surface area (Å²) in [5, 5.41) is 2.83. The van der Waals surface area contributed by atoms with E-state index in [9.17, 15) is 9.59 Å². The predicted molar refractivity (Wildman–Crippen MR) is 114 cm³/mol. The average molecular weight is 387 g/mol. The Kier molecular flexibility index (Phi) is 5.21. The molecule has 148 valence electrons. The number of carbonyl (C=O) groups excluding carboxylic acids is 2. The van der Waals surface area contributed by atoms with Crippen molar-refractivity contribution in [3.63, 3.8) is 0 Å². The quantitative estimate of drug-likeness (QED) is 0.686. The molecule has 2 heterocycles. The van der Waals surface area contributed by atoms with Gasteiger partial charge in [-0.25, -0.2) is 0 Å². The molecule has 1 aliphatic rings. The molecule has 1 unspecified atom stereocenters. The lowest BCUT2D eigenvalue weighted by atomic mass is 9.98. The molecule has 29 heavy (non-hydrogen) atoms. The molecule has 0 spiro atoms. The molecule has 0 radical (unpaired) electrons. The van der Waals surface area contributed by atoms with E-state index in [4.69, 9.17) is 0 Å². The number of rotatable bonds is 4. The van der Waals surface area contributed by atoms with Gasteiger partial charge in [0.25, 0.3) is 0 Å². The van der Waals surface area contributed by atoms with Crippen molar-refractivity contribution in [2.24, 2.45) is 0 Å². The van der Waals surface area contributed by atoms with E-state index >= 15 is 0 Å². The van der Waals surface area contributed by atoms with Gasteiger partial charge >= 0.3 is 0 Å². The highest BCUT2D eigenvalue weighted by Crippen LogP contribution is 2.33. The summed E-state index contributed by atoms with van der Waals surface area (Å²) in [4.78, 5) is 27.4. The second-order valence-corrected chi connectivity index (χ2v) is 7.62.